The van der Waals surface area contributed by atoms with Crippen molar-refractivity contribution in [1.82, 2.24) is 10.3 Å². The van der Waals surface area contributed by atoms with Gasteiger partial charge in [-0.25, -0.2) is 4.39 Å². The Morgan fingerprint density at radius 2 is 1.86 bits per heavy atom. The second kappa shape index (κ2) is 7.83. The van der Waals surface area contributed by atoms with E-state index in [4.69, 9.17) is 0 Å². The minimum absolute atomic E-state index is 0.0398. The van der Waals surface area contributed by atoms with Gasteiger partial charge in [-0.05, 0) is 37.3 Å². The summed E-state index contributed by atoms with van der Waals surface area (Å²) in [7, 11) is 0. The van der Waals surface area contributed by atoms with Crippen molar-refractivity contribution in [1.29, 1.82) is 0 Å². The Hall–Kier alpha value is -3.54. The number of halogens is 1. The van der Waals surface area contributed by atoms with E-state index < -0.39 is 6.04 Å². The van der Waals surface area contributed by atoms with E-state index in [1.807, 2.05) is 31.2 Å². The molecule has 1 aliphatic heterocycles. The van der Waals surface area contributed by atoms with Crippen LogP contribution in [0.5, 0.6) is 0 Å². The van der Waals surface area contributed by atoms with Crippen molar-refractivity contribution >= 4 is 17.5 Å². The number of anilines is 1. The van der Waals surface area contributed by atoms with Crippen LogP contribution in [0.25, 0.3) is 0 Å². The van der Waals surface area contributed by atoms with E-state index >= 15 is 0 Å². The number of carbonyl (C=O) groups is 2. The molecule has 146 valence electrons. The average molecular weight is 389 g/mol. The predicted molar refractivity (Wildman–Crippen MR) is 108 cm³/mol. The van der Waals surface area contributed by atoms with Crippen molar-refractivity contribution in [3.05, 3.63) is 95.1 Å². The normalized spacial score (nSPS) is 15.3. The van der Waals surface area contributed by atoms with Crippen LogP contribution in [-0.2, 0) is 11.3 Å². The fourth-order valence-corrected chi connectivity index (χ4v) is 3.53. The molecule has 1 N–H and O–H groups in total. The molecular weight excluding hydrogens is 369 g/mol. The molecule has 0 spiro atoms. The maximum Gasteiger partial charge on any atom is 0.260 e. The maximum absolute atomic E-state index is 13.8. The molecule has 0 saturated heterocycles. The van der Waals surface area contributed by atoms with E-state index in [0.717, 1.165) is 5.56 Å². The van der Waals surface area contributed by atoms with Gasteiger partial charge in [0.15, 0.2) is 0 Å². The van der Waals surface area contributed by atoms with Gasteiger partial charge in [0.1, 0.15) is 5.82 Å². The van der Waals surface area contributed by atoms with E-state index in [2.05, 4.69) is 10.3 Å². The van der Waals surface area contributed by atoms with Crippen molar-refractivity contribution in [2.24, 2.45) is 0 Å². The zero-order chi connectivity index (χ0) is 20.4. The zero-order valence-electron chi connectivity index (χ0n) is 15.9. The van der Waals surface area contributed by atoms with Crippen LogP contribution in [0, 0.1) is 12.7 Å². The quantitative estimate of drug-likeness (QED) is 0.719. The van der Waals surface area contributed by atoms with Crippen LogP contribution in [0.2, 0.25) is 0 Å². The molecule has 5 nitrogen and oxygen atoms in total. The number of fused-ring (bicyclic) bond motifs is 1. The SMILES string of the molecule is Cc1ccc(N2C(=O)c3cccnc3[C@@H]2CC(=O)NCc2ccccc2F)cc1. The number of hydrogen-bond donors (Lipinski definition) is 1. The van der Waals surface area contributed by atoms with Gasteiger partial charge in [0.05, 0.1) is 23.7 Å². The van der Waals surface area contributed by atoms with Crippen LogP contribution in [-0.4, -0.2) is 16.8 Å². The monoisotopic (exact) mass is 389 g/mol. The Morgan fingerprint density at radius 1 is 1.10 bits per heavy atom. The highest BCUT2D eigenvalue weighted by atomic mass is 19.1. The van der Waals surface area contributed by atoms with Gasteiger partial charge >= 0.3 is 0 Å². The minimum atomic E-state index is -0.512. The van der Waals surface area contributed by atoms with Crippen molar-refractivity contribution in [2.75, 3.05) is 4.90 Å². The van der Waals surface area contributed by atoms with Crippen LogP contribution in [0.3, 0.4) is 0 Å². The highest BCUT2D eigenvalue weighted by Gasteiger charge is 2.39. The fourth-order valence-electron chi connectivity index (χ4n) is 3.53. The lowest BCUT2D eigenvalue weighted by molar-refractivity contribution is -0.121. The van der Waals surface area contributed by atoms with Crippen molar-refractivity contribution in [3.63, 3.8) is 0 Å². The molecule has 6 heteroatoms. The second-order valence-electron chi connectivity index (χ2n) is 7.03. The van der Waals surface area contributed by atoms with E-state index in [0.29, 0.717) is 22.5 Å². The number of hydrogen-bond acceptors (Lipinski definition) is 3. The molecule has 2 aromatic carbocycles. The summed E-state index contributed by atoms with van der Waals surface area (Å²) in [5.41, 5.74) is 3.29. The van der Waals surface area contributed by atoms with Gasteiger partial charge in [-0.15, -0.1) is 0 Å². The van der Waals surface area contributed by atoms with Crippen LogP contribution in [0.4, 0.5) is 10.1 Å². The molecule has 0 unspecified atom stereocenters. The Labute approximate surface area is 168 Å². The van der Waals surface area contributed by atoms with E-state index in [1.54, 1.807) is 41.4 Å². The molecule has 0 saturated carbocycles. The van der Waals surface area contributed by atoms with Crippen molar-refractivity contribution in [3.8, 4) is 0 Å². The number of carbonyl (C=O) groups excluding carboxylic acids is 2. The molecule has 1 aromatic heterocycles. The number of benzene rings is 2. The lowest BCUT2D eigenvalue weighted by atomic mass is 10.1. The van der Waals surface area contributed by atoms with E-state index in [1.165, 1.54) is 6.07 Å². The second-order valence-corrected chi connectivity index (χ2v) is 7.03. The minimum Gasteiger partial charge on any atom is -0.352 e. The first-order valence-electron chi connectivity index (χ1n) is 9.40. The Bertz CT molecular complexity index is 1070. The van der Waals surface area contributed by atoms with E-state index in [9.17, 15) is 14.0 Å². The molecule has 2 amide bonds. The van der Waals surface area contributed by atoms with Gasteiger partial charge in [0.25, 0.3) is 5.91 Å². The molecular formula is C23H20FN3O2. The standard InChI is InChI=1S/C23H20FN3O2/c1-15-8-10-17(11-9-15)27-20(22-18(23(27)29)6-4-12-25-22)13-21(28)26-14-16-5-2-3-7-19(16)24/h2-12,20H,13-14H2,1H3,(H,26,28)/t20-/m0/s1. The van der Waals surface area contributed by atoms with Crippen molar-refractivity contribution < 1.29 is 14.0 Å². The van der Waals surface area contributed by atoms with Gasteiger partial charge in [-0.2, -0.15) is 0 Å². The van der Waals surface area contributed by atoms with Crippen LogP contribution in [0.15, 0.2) is 66.9 Å². The molecule has 1 aliphatic rings. The third-order valence-electron chi connectivity index (χ3n) is 5.04. The molecule has 1 atom stereocenters. The molecule has 3 aromatic rings. The molecule has 0 fully saturated rings. The van der Waals surface area contributed by atoms with Gasteiger partial charge in [-0.3, -0.25) is 19.5 Å². The summed E-state index contributed by atoms with van der Waals surface area (Å²) in [5, 5.41) is 2.75. The average Bonchev–Trinajstić information content (AvgIpc) is 3.00. The zero-order valence-corrected chi connectivity index (χ0v) is 15.9. The van der Waals surface area contributed by atoms with Crippen LogP contribution in [0.1, 0.15) is 39.6 Å². The summed E-state index contributed by atoms with van der Waals surface area (Å²) in [5.74, 6) is -0.817. The van der Waals surface area contributed by atoms with Gasteiger partial charge in [0, 0.05) is 24.0 Å². The summed E-state index contributed by atoms with van der Waals surface area (Å²) in [6.45, 7) is 2.06. The molecule has 4 rings (SSSR count). The first-order chi connectivity index (χ1) is 14.0. The summed E-state index contributed by atoms with van der Waals surface area (Å²) in [4.78, 5) is 31.6. The number of nitrogens with zero attached hydrogens (tertiary/aromatic N) is 2. The number of nitrogens with one attached hydrogen (secondary N) is 1. The van der Waals surface area contributed by atoms with Crippen LogP contribution >= 0.6 is 0 Å². The summed E-state index contributed by atoms with van der Waals surface area (Å²) in [6.07, 6.45) is 1.66. The third-order valence-corrected chi connectivity index (χ3v) is 5.04. The molecule has 0 radical (unpaired) electrons. The predicted octanol–water partition coefficient (Wildman–Crippen LogP) is 3.94. The first-order valence-corrected chi connectivity index (χ1v) is 9.40. The molecule has 0 aliphatic carbocycles. The number of rotatable bonds is 5. The Morgan fingerprint density at radius 3 is 2.62 bits per heavy atom. The third kappa shape index (κ3) is 3.74. The van der Waals surface area contributed by atoms with E-state index in [-0.39, 0.29) is 30.6 Å². The largest absolute Gasteiger partial charge is 0.352 e. The Kier molecular flexibility index (Phi) is 5.08. The summed E-state index contributed by atoms with van der Waals surface area (Å²) < 4.78 is 13.8. The first kappa shape index (κ1) is 18.8. The van der Waals surface area contributed by atoms with Crippen molar-refractivity contribution in [2.45, 2.75) is 25.9 Å². The van der Waals surface area contributed by atoms with Crippen LogP contribution < -0.4 is 10.2 Å². The fraction of sp³-hybridized carbons (Fsp3) is 0.174. The smallest absolute Gasteiger partial charge is 0.260 e. The van der Waals surface area contributed by atoms with Gasteiger partial charge in [0.2, 0.25) is 5.91 Å². The Balaban J connectivity index is 1.57. The van der Waals surface area contributed by atoms with Gasteiger partial charge in [-0.1, -0.05) is 35.9 Å². The molecule has 29 heavy (non-hydrogen) atoms. The number of pyridine rings is 1. The molecule has 2 heterocycles. The number of amides is 2. The highest BCUT2D eigenvalue weighted by molar-refractivity contribution is 6.11. The summed E-state index contributed by atoms with van der Waals surface area (Å²) >= 11 is 0. The maximum atomic E-state index is 13.8. The topological polar surface area (TPSA) is 62.3 Å². The number of aryl methyl sites for hydroxylation is 1. The lowest BCUT2D eigenvalue weighted by Crippen LogP contribution is -2.33. The summed E-state index contributed by atoms with van der Waals surface area (Å²) in [6, 6.07) is 16.8. The lowest BCUT2D eigenvalue weighted by Gasteiger charge is -2.24. The van der Waals surface area contributed by atoms with Gasteiger partial charge < -0.3 is 5.32 Å². The molecule has 0 bridgehead atoms. The highest BCUT2D eigenvalue weighted by Crippen LogP contribution is 2.38. The number of aromatic nitrogens is 1.